The van der Waals surface area contributed by atoms with E-state index >= 15 is 0 Å². The molecule has 0 fully saturated rings. The topological polar surface area (TPSA) is 67.4 Å². The molecule has 2 N–H and O–H groups in total. The standard InChI is InChI=1S/C11H12BrFN2O3/c1-2-18-10(16)6-14-11(17)15-9-4-3-7(12)5-8(9)13/h3-5H,2,6H2,1H3,(H2,14,15,17). The monoisotopic (exact) mass is 318 g/mol. The average molecular weight is 319 g/mol. The van der Waals surface area contributed by atoms with Gasteiger partial charge in [-0.3, -0.25) is 4.79 Å². The van der Waals surface area contributed by atoms with E-state index < -0.39 is 17.8 Å². The lowest BCUT2D eigenvalue weighted by molar-refractivity contribution is -0.141. The SMILES string of the molecule is CCOC(=O)CNC(=O)Nc1ccc(Br)cc1F. The molecule has 0 aliphatic heterocycles. The predicted molar refractivity (Wildman–Crippen MR) is 67.8 cm³/mol. The van der Waals surface area contributed by atoms with Gasteiger partial charge in [-0.25, -0.2) is 9.18 Å². The number of hydrogen-bond donors (Lipinski definition) is 2. The zero-order valence-electron chi connectivity index (χ0n) is 9.63. The first-order valence-corrected chi connectivity index (χ1v) is 5.97. The summed E-state index contributed by atoms with van der Waals surface area (Å²) in [6.45, 7) is 1.64. The van der Waals surface area contributed by atoms with E-state index in [1.165, 1.54) is 12.1 Å². The zero-order chi connectivity index (χ0) is 13.5. The quantitative estimate of drug-likeness (QED) is 0.837. The number of ether oxygens (including phenoxy) is 1. The summed E-state index contributed by atoms with van der Waals surface area (Å²) in [6, 6.07) is 3.54. The Morgan fingerprint density at radius 2 is 2.17 bits per heavy atom. The summed E-state index contributed by atoms with van der Waals surface area (Å²) >= 11 is 3.10. The van der Waals surface area contributed by atoms with Gasteiger partial charge in [-0.05, 0) is 25.1 Å². The maximum Gasteiger partial charge on any atom is 0.325 e. The Morgan fingerprint density at radius 3 is 2.78 bits per heavy atom. The minimum absolute atomic E-state index is 0.0274. The molecule has 0 aromatic heterocycles. The van der Waals surface area contributed by atoms with E-state index in [2.05, 4.69) is 31.3 Å². The van der Waals surface area contributed by atoms with E-state index in [0.29, 0.717) is 4.47 Å². The predicted octanol–water partition coefficient (Wildman–Crippen LogP) is 2.27. The molecule has 7 heteroatoms. The summed E-state index contributed by atoms with van der Waals surface area (Å²) in [4.78, 5) is 22.3. The van der Waals surface area contributed by atoms with Gasteiger partial charge >= 0.3 is 12.0 Å². The number of nitrogens with one attached hydrogen (secondary N) is 2. The van der Waals surface area contributed by atoms with Gasteiger partial charge in [0.2, 0.25) is 0 Å². The third kappa shape index (κ3) is 4.70. The smallest absolute Gasteiger partial charge is 0.325 e. The van der Waals surface area contributed by atoms with E-state index in [4.69, 9.17) is 0 Å². The van der Waals surface area contributed by atoms with Gasteiger partial charge in [-0.15, -0.1) is 0 Å². The van der Waals surface area contributed by atoms with Gasteiger partial charge in [0.15, 0.2) is 0 Å². The first-order valence-electron chi connectivity index (χ1n) is 5.18. The van der Waals surface area contributed by atoms with Crippen LogP contribution in [0.1, 0.15) is 6.92 Å². The second-order valence-corrected chi connectivity index (χ2v) is 4.15. The van der Waals surface area contributed by atoms with Crippen molar-refractivity contribution in [2.24, 2.45) is 0 Å². The van der Waals surface area contributed by atoms with Gasteiger partial charge in [-0.2, -0.15) is 0 Å². The molecule has 0 saturated heterocycles. The number of rotatable bonds is 4. The van der Waals surface area contributed by atoms with Crippen LogP contribution in [0.5, 0.6) is 0 Å². The highest BCUT2D eigenvalue weighted by molar-refractivity contribution is 9.10. The number of carbonyl (C=O) groups excluding carboxylic acids is 2. The minimum Gasteiger partial charge on any atom is -0.465 e. The van der Waals surface area contributed by atoms with Crippen LogP contribution in [0.3, 0.4) is 0 Å². The molecular formula is C11H12BrFN2O3. The van der Waals surface area contributed by atoms with E-state index in [-0.39, 0.29) is 18.8 Å². The zero-order valence-corrected chi connectivity index (χ0v) is 11.2. The summed E-state index contributed by atoms with van der Waals surface area (Å²) in [5.74, 6) is -1.13. The molecule has 0 atom stereocenters. The van der Waals surface area contributed by atoms with Crippen molar-refractivity contribution >= 4 is 33.6 Å². The largest absolute Gasteiger partial charge is 0.465 e. The molecule has 98 valence electrons. The summed E-state index contributed by atoms with van der Waals surface area (Å²) in [7, 11) is 0. The van der Waals surface area contributed by atoms with Crippen LogP contribution >= 0.6 is 15.9 Å². The minimum atomic E-state index is -0.677. The second-order valence-electron chi connectivity index (χ2n) is 3.24. The number of benzene rings is 1. The van der Waals surface area contributed by atoms with Crippen LogP contribution in [0.25, 0.3) is 0 Å². The first-order chi connectivity index (χ1) is 8.52. The van der Waals surface area contributed by atoms with Crippen LogP contribution in [-0.2, 0) is 9.53 Å². The average Bonchev–Trinajstić information content (AvgIpc) is 2.31. The Morgan fingerprint density at radius 1 is 1.44 bits per heavy atom. The number of hydrogen-bond acceptors (Lipinski definition) is 3. The van der Waals surface area contributed by atoms with Crippen molar-refractivity contribution in [1.82, 2.24) is 5.32 Å². The van der Waals surface area contributed by atoms with Crippen molar-refractivity contribution in [1.29, 1.82) is 0 Å². The van der Waals surface area contributed by atoms with E-state index in [9.17, 15) is 14.0 Å². The van der Waals surface area contributed by atoms with E-state index in [1.807, 2.05) is 0 Å². The van der Waals surface area contributed by atoms with Crippen molar-refractivity contribution < 1.29 is 18.7 Å². The summed E-state index contributed by atoms with van der Waals surface area (Å²) < 4.78 is 18.6. The first kappa shape index (κ1) is 14.4. The lowest BCUT2D eigenvalue weighted by Gasteiger charge is -2.08. The molecule has 0 aliphatic carbocycles. The highest BCUT2D eigenvalue weighted by Gasteiger charge is 2.08. The fraction of sp³-hybridized carbons (Fsp3) is 0.273. The molecule has 0 spiro atoms. The number of carbonyl (C=O) groups is 2. The molecule has 0 saturated carbocycles. The molecule has 5 nitrogen and oxygen atoms in total. The molecule has 1 aromatic carbocycles. The summed E-state index contributed by atoms with van der Waals surface area (Å²) in [5.41, 5.74) is 0.0274. The fourth-order valence-corrected chi connectivity index (χ4v) is 1.45. The third-order valence-corrected chi connectivity index (χ3v) is 2.37. The molecule has 0 unspecified atom stereocenters. The maximum absolute atomic E-state index is 13.4. The Labute approximate surface area is 112 Å². The summed E-state index contributed by atoms with van der Waals surface area (Å²) in [5, 5.41) is 4.54. The number of halogens is 2. The fourth-order valence-electron chi connectivity index (χ4n) is 1.12. The van der Waals surface area contributed by atoms with Crippen molar-refractivity contribution in [2.75, 3.05) is 18.5 Å². The Hall–Kier alpha value is -1.63. The van der Waals surface area contributed by atoms with Gasteiger partial charge < -0.3 is 15.4 Å². The van der Waals surface area contributed by atoms with Gasteiger partial charge in [-0.1, -0.05) is 15.9 Å². The molecular weight excluding hydrogens is 307 g/mol. The summed E-state index contributed by atoms with van der Waals surface area (Å²) in [6.07, 6.45) is 0. The van der Waals surface area contributed by atoms with Gasteiger partial charge in [0.25, 0.3) is 0 Å². The molecule has 0 aliphatic rings. The molecule has 1 rings (SSSR count). The number of anilines is 1. The third-order valence-electron chi connectivity index (χ3n) is 1.88. The second kappa shape index (κ2) is 6.95. The number of urea groups is 1. The highest BCUT2D eigenvalue weighted by atomic mass is 79.9. The maximum atomic E-state index is 13.4. The van der Waals surface area contributed by atoms with Crippen molar-refractivity contribution in [3.63, 3.8) is 0 Å². The van der Waals surface area contributed by atoms with Crippen molar-refractivity contribution in [2.45, 2.75) is 6.92 Å². The molecule has 18 heavy (non-hydrogen) atoms. The molecule has 0 bridgehead atoms. The van der Waals surface area contributed by atoms with E-state index in [1.54, 1.807) is 13.0 Å². The van der Waals surface area contributed by atoms with Gasteiger partial charge in [0, 0.05) is 4.47 Å². The Bertz CT molecular complexity index is 454. The molecule has 2 amide bonds. The molecule has 1 aromatic rings. The van der Waals surface area contributed by atoms with Crippen LogP contribution in [0.4, 0.5) is 14.9 Å². The van der Waals surface area contributed by atoms with Crippen LogP contribution in [-0.4, -0.2) is 25.2 Å². The highest BCUT2D eigenvalue weighted by Crippen LogP contribution is 2.18. The van der Waals surface area contributed by atoms with Crippen LogP contribution in [0.2, 0.25) is 0 Å². The normalized spacial score (nSPS) is 9.72. The number of esters is 1. The van der Waals surface area contributed by atoms with Gasteiger partial charge in [0.1, 0.15) is 12.4 Å². The van der Waals surface area contributed by atoms with E-state index in [0.717, 1.165) is 0 Å². The van der Waals surface area contributed by atoms with Crippen LogP contribution in [0, 0.1) is 5.82 Å². The number of amides is 2. The van der Waals surface area contributed by atoms with Crippen LogP contribution in [0.15, 0.2) is 22.7 Å². The van der Waals surface area contributed by atoms with Crippen LogP contribution < -0.4 is 10.6 Å². The van der Waals surface area contributed by atoms with Gasteiger partial charge in [0.05, 0.1) is 12.3 Å². The molecule has 0 heterocycles. The van der Waals surface area contributed by atoms with Crippen molar-refractivity contribution in [3.05, 3.63) is 28.5 Å². The molecule has 0 radical (unpaired) electrons. The lowest BCUT2D eigenvalue weighted by atomic mass is 10.3. The lowest BCUT2D eigenvalue weighted by Crippen LogP contribution is -2.34. The van der Waals surface area contributed by atoms with Crippen molar-refractivity contribution in [3.8, 4) is 0 Å². The Kier molecular flexibility index (Phi) is 5.57. The Balaban J connectivity index is 2.47.